The summed E-state index contributed by atoms with van der Waals surface area (Å²) in [5, 5.41) is 3.86. The number of amides is 3. The highest BCUT2D eigenvalue weighted by Crippen LogP contribution is 2.13. The van der Waals surface area contributed by atoms with Crippen molar-refractivity contribution in [2.24, 2.45) is 0 Å². The lowest BCUT2D eigenvalue weighted by molar-refractivity contribution is -0.146. The Bertz CT molecular complexity index is 603. The Morgan fingerprint density at radius 3 is 2.39 bits per heavy atom. The van der Waals surface area contributed by atoms with Crippen LogP contribution in [0.1, 0.15) is 24.3 Å². The van der Waals surface area contributed by atoms with E-state index in [4.69, 9.17) is 4.52 Å². The third-order valence-corrected chi connectivity index (χ3v) is 4.23. The van der Waals surface area contributed by atoms with Crippen molar-refractivity contribution in [3.63, 3.8) is 0 Å². The van der Waals surface area contributed by atoms with Gasteiger partial charge in [0, 0.05) is 45.1 Å². The highest BCUT2D eigenvalue weighted by atomic mass is 16.5. The minimum absolute atomic E-state index is 0.126. The van der Waals surface area contributed by atoms with Crippen LogP contribution < -0.4 is 0 Å². The molecule has 0 atom stereocenters. The second kappa shape index (κ2) is 6.49. The lowest BCUT2D eigenvalue weighted by Gasteiger charge is -2.34. The Balaban J connectivity index is 1.47. The third kappa shape index (κ3) is 3.58. The Hall–Kier alpha value is -2.22. The van der Waals surface area contributed by atoms with Crippen molar-refractivity contribution < 1.29 is 18.9 Å². The van der Waals surface area contributed by atoms with Crippen LogP contribution in [0.15, 0.2) is 10.6 Å². The van der Waals surface area contributed by atoms with Crippen LogP contribution in [0.25, 0.3) is 0 Å². The molecule has 3 amide bonds. The zero-order valence-corrected chi connectivity index (χ0v) is 13.2. The van der Waals surface area contributed by atoms with Gasteiger partial charge in [-0.05, 0) is 6.92 Å². The van der Waals surface area contributed by atoms with Gasteiger partial charge in [-0.15, -0.1) is 0 Å². The molecule has 23 heavy (non-hydrogen) atoms. The summed E-state index contributed by atoms with van der Waals surface area (Å²) in [4.78, 5) is 40.4. The fourth-order valence-electron chi connectivity index (χ4n) is 2.90. The zero-order chi connectivity index (χ0) is 16.4. The maximum atomic E-state index is 12.2. The summed E-state index contributed by atoms with van der Waals surface area (Å²) < 4.78 is 5.20. The number of likely N-dealkylation sites (tertiary alicyclic amines) is 1. The molecule has 8 nitrogen and oxygen atoms in total. The van der Waals surface area contributed by atoms with E-state index >= 15 is 0 Å². The quantitative estimate of drug-likeness (QED) is 0.713. The number of nitrogens with zero attached hydrogens (tertiary/aromatic N) is 4. The molecule has 124 valence electrons. The number of carbonyl (C=O) groups excluding carboxylic acids is 3. The average Bonchev–Trinajstić information content (AvgIpc) is 3.08. The van der Waals surface area contributed by atoms with Crippen molar-refractivity contribution >= 4 is 17.7 Å². The van der Waals surface area contributed by atoms with Crippen LogP contribution in [0.5, 0.6) is 0 Å². The fourth-order valence-corrected chi connectivity index (χ4v) is 2.90. The molecule has 0 N–H and O–H groups in total. The van der Waals surface area contributed by atoms with Crippen molar-refractivity contribution in [1.82, 2.24) is 19.9 Å². The van der Waals surface area contributed by atoms with E-state index in [1.807, 2.05) is 13.0 Å². The van der Waals surface area contributed by atoms with Gasteiger partial charge < -0.3 is 9.42 Å². The van der Waals surface area contributed by atoms with Gasteiger partial charge in [-0.25, -0.2) is 0 Å². The smallest absolute Gasteiger partial charge is 0.242 e. The summed E-state index contributed by atoms with van der Waals surface area (Å²) in [6, 6.07) is 1.90. The molecular formula is C15H20N4O4. The van der Waals surface area contributed by atoms with E-state index in [0.717, 1.165) is 29.4 Å². The normalized spacial score (nSPS) is 19.7. The van der Waals surface area contributed by atoms with Crippen LogP contribution in [0.2, 0.25) is 0 Å². The van der Waals surface area contributed by atoms with Crippen LogP contribution in [-0.2, 0) is 20.9 Å². The molecule has 1 aromatic heterocycles. The summed E-state index contributed by atoms with van der Waals surface area (Å²) in [5.41, 5.74) is 0.855. The van der Waals surface area contributed by atoms with Crippen LogP contribution >= 0.6 is 0 Å². The number of hydrogen-bond acceptors (Lipinski definition) is 6. The second-order valence-electron chi connectivity index (χ2n) is 5.97. The van der Waals surface area contributed by atoms with Crippen LogP contribution in [0.3, 0.4) is 0 Å². The number of piperazine rings is 1. The molecule has 2 aliphatic rings. The van der Waals surface area contributed by atoms with E-state index in [9.17, 15) is 14.4 Å². The van der Waals surface area contributed by atoms with E-state index in [-0.39, 0.29) is 37.1 Å². The van der Waals surface area contributed by atoms with Gasteiger partial charge in [0.25, 0.3) is 0 Å². The highest BCUT2D eigenvalue weighted by Gasteiger charge is 2.32. The molecule has 3 heterocycles. The van der Waals surface area contributed by atoms with Gasteiger partial charge in [0.2, 0.25) is 17.7 Å². The van der Waals surface area contributed by atoms with Crippen LogP contribution in [0, 0.1) is 6.92 Å². The summed E-state index contributed by atoms with van der Waals surface area (Å²) >= 11 is 0. The molecule has 0 radical (unpaired) electrons. The van der Waals surface area contributed by atoms with Crippen molar-refractivity contribution in [2.75, 3.05) is 32.7 Å². The molecule has 0 spiro atoms. The SMILES string of the molecule is Cc1cc(CN2CCN(C(=O)CN3C(=O)CCC3=O)CC2)on1. The molecule has 0 bridgehead atoms. The number of aryl methyl sites for hydroxylation is 1. The maximum absolute atomic E-state index is 12.2. The predicted molar refractivity (Wildman–Crippen MR) is 79.1 cm³/mol. The van der Waals surface area contributed by atoms with Crippen molar-refractivity contribution in [2.45, 2.75) is 26.3 Å². The van der Waals surface area contributed by atoms with Gasteiger partial charge in [0.05, 0.1) is 12.2 Å². The standard InChI is InChI=1S/C15H20N4O4/c1-11-8-12(23-16-11)9-17-4-6-18(7-5-17)15(22)10-19-13(20)2-3-14(19)21/h8H,2-7,9-10H2,1H3. The van der Waals surface area contributed by atoms with E-state index < -0.39 is 0 Å². The Kier molecular flexibility index (Phi) is 4.42. The number of carbonyl (C=O) groups is 3. The van der Waals surface area contributed by atoms with E-state index in [1.165, 1.54) is 0 Å². The van der Waals surface area contributed by atoms with Crippen molar-refractivity contribution in [1.29, 1.82) is 0 Å². The Morgan fingerprint density at radius 2 is 1.83 bits per heavy atom. The molecule has 2 aliphatic heterocycles. The van der Waals surface area contributed by atoms with Crippen molar-refractivity contribution in [3.05, 3.63) is 17.5 Å². The molecule has 8 heteroatoms. The molecule has 0 aliphatic carbocycles. The summed E-state index contributed by atoms with van der Waals surface area (Å²) in [6.45, 7) is 5.06. The van der Waals surface area contributed by atoms with E-state index in [2.05, 4.69) is 10.1 Å². The van der Waals surface area contributed by atoms with Gasteiger partial charge in [-0.1, -0.05) is 5.16 Å². The van der Waals surface area contributed by atoms with Crippen LogP contribution in [-0.4, -0.2) is 70.3 Å². The first-order chi connectivity index (χ1) is 11.0. The lowest BCUT2D eigenvalue weighted by Crippen LogP contribution is -2.51. The first-order valence-corrected chi connectivity index (χ1v) is 7.78. The molecule has 2 saturated heterocycles. The average molecular weight is 320 g/mol. The number of imide groups is 1. The number of hydrogen-bond donors (Lipinski definition) is 0. The van der Waals surface area contributed by atoms with Crippen molar-refractivity contribution in [3.8, 4) is 0 Å². The minimum atomic E-state index is -0.248. The topological polar surface area (TPSA) is 87.0 Å². The Morgan fingerprint density at radius 1 is 1.17 bits per heavy atom. The summed E-state index contributed by atoms with van der Waals surface area (Å²) in [7, 11) is 0. The third-order valence-electron chi connectivity index (χ3n) is 4.23. The first kappa shape index (κ1) is 15.7. The largest absolute Gasteiger partial charge is 0.360 e. The maximum Gasteiger partial charge on any atom is 0.242 e. The monoisotopic (exact) mass is 320 g/mol. The van der Waals surface area contributed by atoms with E-state index in [1.54, 1.807) is 4.90 Å². The van der Waals surface area contributed by atoms with Crippen LogP contribution in [0.4, 0.5) is 0 Å². The second-order valence-corrected chi connectivity index (χ2v) is 5.97. The summed E-state index contributed by atoms with van der Waals surface area (Å²) in [6.07, 6.45) is 0.437. The van der Waals surface area contributed by atoms with Gasteiger partial charge in [-0.3, -0.25) is 24.2 Å². The number of rotatable bonds is 4. The lowest BCUT2D eigenvalue weighted by atomic mass is 10.2. The molecular weight excluding hydrogens is 300 g/mol. The molecule has 0 unspecified atom stereocenters. The van der Waals surface area contributed by atoms with Gasteiger partial charge in [0.15, 0.2) is 5.76 Å². The molecule has 0 aromatic carbocycles. The van der Waals surface area contributed by atoms with Gasteiger partial charge in [0.1, 0.15) is 6.54 Å². The molecule has 3 rings (SSSR count). The zero-order valence-electron chi connectivity index (χ0n) is 13.2. The molecule has 0 saturated carbocycles. The van der Waals surface area contributed by atoms with Gasteiger partial charge in [-0.2, -0.15) is 0 Å². The summed E-state index contributed by atoms with van der Waals surface area (Å²) in [5.74, 6) is 0.157. The Labute approximate surface area is 134 Å². The van der Waals surface area contributed by atoms with Gasteiger partial charge >= 0.3 is 0 Å². The molecule has 2 fully saturated rings. The number of aromatic nitrogens is 1. The highest BCUT2D eigenvalue weighted by molar-refractivity contribution is 6.04. The predicted octanol–water partition coefficient (Wildman–Crippen LogP) is -0.224. The first-order valence-electron chi connectivity index (χ1n) is 7.78. The van der Waals surface area contributed by atoms with E-state index in [0.29, 0.717) is 19.6 Å². The fraction of sp³-hybridized carbons (Fsp3) is 0.600. The molecule has 1 aromatic rings. The minimum Gasteiger partial charge on any atom is -0.360 e.